The number of aliphatic carboxylic acids is 1. The lowest BCUT2D eigenvalue weighted by atomic mass is 10.0. The van der Waals surface area contributed by atoms with Crippen LogP contribution in [-0.4, -0.2) is 62.1 Å². The molecule has 0 aromatic heterocycles. The van der Waals surface area contributed by atoms with Gasteiger partial charge >= 0.3 is 5.97 Å². The van der Waals surface area contributed by atoms with E-state index in [0.717, 1.165) is 0 Å². The van der Waals surface area contributed by atoms with Gasteiger partial charge in [0.15, 0.2) is 0 Å². The molecule has 9 heteroatoms. The van der Waals surface area contributed by atoms with Gasteiger partial charge in [0.25, 0.3) is 5.91 Å². The number of carbonyl (C=O) groups is 2. The van der Waals surface area contributed by atoms with Crippen LogP contribution in [0.1, 0.15) is 24.2 Å². The van der Waals surface area contributed by atoms with Crippen molar-refractivity contribution in [3.63, 3.8) is 0 Å². The van der Waals surface area contributed by atoms with Crippen molar-refractivity contribution in [2.45, 2.75) is 24.8 Å². The van der Waals surface area contributed by atoms with Crippen molar-refractivity contribution in [1.82, 2.24) is 9.62 Å². The highest BCUT2D eigenvalue weighted by molar-refractivity contribution is 7.89. The van der Waals surface area contributed by atoms with E-state index in [4.69, 9.17) is 9.84 Å². The zero-order valence-electron chi connectivity index (χ0n) is 14.1. The van der Waals surface area contributed by atoms with Crippen molar-refractivity contribution in [2.24, 2.45) is 5.92 Å². The summed E-state index contributed by atoms with van der Waals surface area (Å²) in [4.78, 5) is 23.3. The Labute approximate surface area is 146 Å². The summed E-state index contributed by atoms with van der Waals surface area (Å²) in [5, 5.41) is 11.6. The molecule has 1 saturated heterocycles. The van der Waals surface area contributed by atoms with Crippen LogP contribution < -0.4 is 5.32 Å². The third-order valence-corrected chi connectivity index (χ3v) is 6.10. The molecule has 8 nitrogen and oxygen atoms in total. The van der Waals surface area contributed by atoms with E-state index in [9.17, 15) is 18.0 Å². The molecule has 2 atom stereocenters. The first kappa shape index (κ1) is 19.4. The lowest BCUT2D eigenvalue weighted by Crippen LogP contribution is -2.41. The molecular formula is C16H22N2O6S. The number of carboxylic acids is 1. The quantitative estimate of drug-likeness (QED) is 0.756. The summed E-state index contributed by atoms with van der Waals surface area (Å²) in [5.41, 5.74) is 0.166. The first-order valence-electron chi connectivity index (χ1n) is 7.95. The van der Waals surface area contributed by atoms with Crippen molar-refractivity contribution in [3.05, 3.63) is 29.8 Å². The summed E-state index contributed by atoms with van der Waals surface area (Å²) < 4.78 is 31.8. The number of sulfonamides is 1. The lowest BCUT2D eigenvalue weighted by Gasteiger charge is -2.26. The van der Waals surface area contributed by atoms with Gasteiger partial charge in [-0.3, -0.25) is 9.59 Å². The average Bonchev–Trinajstić information content (AvgIpc) is 2.61. The number of rotatable bonds is 6. The number of hydrogen-bond acceptors (Lipinski definition) is 5. The van der Waals surface area contributed by atoms with Crippen LogP contribution in [0.15, 0.2) is 29.2 Å². The van der Waals surface area contributed by atoms with Crippen molar-refractivity contribution >= 4 is 21.9 Å². The van der Waals surface area contributed by atoms with Crippen LogP contribution in [0.5, 0.6) is 0 Å². The molecule has 0 aliphatic carbocycles. The van der Waals surface area contributed by atoms with Gasteiger partial charge in [0, 0.05) is 24.7 Å². The molecule has 0 bridgehead atoms. The van der Waals surface area contributed by atoms with Crippen LogP contribution in [0.4, 0.5) is 0 Å². The Kier molecular flexibility index (Phi) is 6.15. The molecule has 25 heavy (non-hydrogen) atoms. The summed E-state index contributed by atoms with van der Waals surface area (Å²) in [6.45, 7) is 4.30. The fraction of sp³-hybridized carbons (Fsp3) is 0.500. The second-order valence-electron chi connectivity index (χ2n) is 5.93. The van der Waals surface area contributed by atoms with Crippen LogP contribution in [0.3, 0.4) is 0 Å². The molecule has 2 unspecified atom stereocenters. The van der Waals surface area contributed by atoms with Gasteiger partial charge in [-0.05, 0) is 32.0 Å². The van der Waals surface area contributed by atoms with Crippen molar-refractivity contribution in [1.29, 1.82) is 0 Å². The zero-order chi connectivity index (χ0) is 18.6. The lowest BCUT2D eigenvalue weighted by molar-refractivity contribution is -0.141. The fourth-order valence-corrected chi connectivity index (χ4v) is 3.82. The summed E-state index contributed by atoms with van der Waals surface area (Å²) in [5.74, 6) is -2.29. The van der Waals surface area contributed by atoms with Crippen LogP contribution in [-0.2, 0) is 19.6 Å². The SMILES string of the molecule is CC(NC(=O)c1cccc(S(=O)(=O)N2CCOCC2)c1)C(C)C(=O)O. The third kappa shape index (κ3) is 4.56. The number of nitrogens with zero attached hydrogens (tertiary/aromatic N) is 1. The maximum Gasteiger partial charge on any atom is 0.308 e. The molecule has 1 aliphatic rings. The van der Waals surface area contributed by atoms with E-state index < -0.39 is 33.9 Å². The Bertz CT molecular complexity index is 743. The smallest absolute Gasteiger partial charge is 0.308 e. The van der Waals surface area contributed by atoms with Gasteiger partial charge in [-0.2, -0.15) is 4.31 Å². The Morgan fingerprint density at radius 3 is 2.48 bits per heavy atom. The number of carbonyl (C=O) groups excluding carboxylic acids is 1. The minimum Gasteiger partial charge on any atom is -0.481 e. The Morgan fingerprint density at radius 1 is 1.24 bits per heavy atom. The van der Waals surface area contributed by atoms with Gasteiger partial charge in [-0.25, -0.2) is 8.42 Å². The fourth-order valence-electron chi connectivity index (χ4n) is 2.36. The first-order chi connectivity index (χ1) is 11.7. The second-order valence-corrected chi connectivity index (χ2v) is 7.87. The maximum atomic E-state index is 12.6. The molecule has 2 N–H and O–H groups in total. The molecule has 0 radical (unpaired) electrons. The zero-order valence-corrected chi connectivity index (χ0v) is 15.0. The van der Waals surface area contributed by atoms with Crippen LogP contribution in [0.25, 0.3) is 0 Å². The second kappa shape index (κ2) is 7.94. The molecule has 1 fully saturated rings. The molecule has 1 aliphatic heterocycles. The third-order valence-electron chi connectivity index (χ3n) is 4.20. The summed E-state index contributed by atoms with van der Waals surface area (Å²) in [6.07, 6.45) is 0. The number of ether oxygens (including phenoxy) is 1. The van der Waals surface area contributed by atoms with Gasteiger partial charge < -0.3 is 15.2 Å². The van der Waals surface area contributed by atoms with E-state index in [-0.39, 0.29) is 23.5 Å². The minimum absolute atomic E-state index is 0.0287. The molecule has 0 spiro atoms. The molecule has 138 valence electrons. The number of benzene rings is 1. The van der Waals surface area contributed by atoms with E-state index in [1.54, 1.807) is 6.92 Å². The van der Waals surface area contributed by atoms with Crippen molar-refractivity contribution < 1.29 is 27.9 Å². The predicted molar refractivity (Wildman–Crippen MR) is 89.7 cm³/mol. The number of amides is 1. The standard InChI is InChI=1S/C16H22N2O6S/c1-11(16(20)21)12(2)17-15(19)13-4-3-5-14(10-13)25(22,23)18-6-8-24-9-7-18/h3-5,10-12H,6-9H2,1-2H3,(H,17,19)(H,20,21). The number of morpholine rings is 1. The van der Waals surface area contributed by atoms with Gasteiger partial charge in [0.05, 0.1) is 24.0 Å². The minimum atomic E-state index is -3.70. The van der Waals surface area contributed by atoms with Gasteiger partial charge in [0.2, 0.25) is 10.0 Å². The molecular weight excluding hydrogens is 348 g/mol. The number of nitrogens with one attached hydrogen (secondary N) is 1. The summed E-state index contributed by atoms with van der Waals surface area (Å²) in [6, 6.07) is 5.13. The molecule has 1 amide bonds. The highest BCUT2D eigenvalue weighted by atomic mass is 32.2. The van der Waals surface area contributed by atoms with E-state index in [0.29, 0.717) is 13.2 Å². The highest BCUT2D eigenvalue weighted by Crippen LogP contribution is 2.18. The molecule has 1 aromatic carbocycles. The van der Waals surface area contributed by atoms with Crippen LogP contribution >= 0.6 is 0 Å². The van der Waals surface area contributed by atoms with Crippen molar-refractivity contribution in [2.75, 3.05) is 26.3 Å². The number of carboxylic acid groups (broad SMARTS) is 1. The van der Waals surface area contributed by atoms with Crippen LogP contribution in [0.2, 0.25) is 0 Å². The van der Waals surface area contributed by atoms with Crippen molar-refractivity contribution in [3.8, 4) is 0 Å². The largest absolute Gasteiger partial charge is 0.481 e. The predicted octanol–water partition coefficient (Wildman–Crippen LogP) is 0.547. The topological polar surface area (TPSA) is 113 Å². The average molecular weight is 370 g/mol. The van der Waals surface area contributed by atoms with Gasteiger partial charge in [0.1, 0.15) is 0 Å². The first-order valence-corrected chi connectivity index (χ1v) is 9.39. The summed E-state index contributed by atoms with van der Waals surface area (Å²) in [7, 11) is -3.70. The molecule has 1 aromatic rings. The van der Waals surface area contributed by atoms with Crippen LogP contribution in [0, 0.1) is 5.92 Å². The Morgan fingerprint density at radius 2 is 1.88 bits per heavy atom. The maximum absolute atomic E-state index is 12.6. The highest BCUT2D eigenvalue weighted by Gasteiger charge is 2.27. The summed E-state index contributed by atoms with van der Waals surface area (Å²) >= 11 is 0. The Balaban J connectivity index is 2.17. The number of hydrogen-bond donors (Lipinski definition) is 2. The molecule has 0 saturated carbocycles. The van der Waals surface area contributed by atoms with E-state index in [1.165, 1.54) is 35.5 Å². The van der Waals surface area contributed by atoms with Gasteiger partial charge in [-0.1, -0.05) is 6.07 Å². The normalized spacial score (nSPS) is 18.3. The monoisotopic (exact) mass is 370 g/mol. The Hall–Kier alpha value is -1.97. The van der Waals surface area contributed by atoms with E-state index >= 15 is 0 Å². The molecule has 1 heterocycles. The van der Waals surface area contributed by atoms with E-state index in [2.05, 4.69) is 5.32 Å². The van der Waals surface area contributed by atoms with E-state index in [1.807, 2.05) is 0 Å². The molecule has 2 rings (SSSR count). The van der Waals surface area contributed by atoms with Gasteiger partial charge in [-0.15, -0.1) is 0 Å².